The van der Waals surface area contributed by atoms with Crippen LogP contribution < -0.4 is 20.1 Å². The van der Waals surface area contributed by atoms with E-state index in [2.05, 4.69) is 46.8 Å². The molecule has 1 heterocycles. The fourth-order valence-corrected chi connectivity index (χ4v) is 3.87. The van der Waals surface area contributed by atoms with Gasteiger partial charge in [-0.2, -0.15) is 0 Å². The Balaban J connectivity index is 1.54. The summed E-state index contributed by atoms with van der Waals surface area (Å²) in [5.74, 6) is 1.35. The highest BCUT2D eigenvalue weighted by Gasteiger charge is 2.27. The van der Waals surface area contributed by atoms with Crippen molar-refractivity contribution in [2.24, 2.45) is 0 Å². The van der Waals surface area contributed by atoms with Gasteiger partial charge in [-0.3, -0.25) is 5.32 Å². The Kier molecular flexibility index (Phi) is 6.89. The Hall–Kier alpha value is -3.13. The number of carbonyl (C=O) groups excluding carboxylic acids is 1. The molecule has 158 valence electrons. The number of nitrogens with one attached hydrogen (secondary N) is 2. The first kappa shape index (κ1) is 21.6. The highest BCUT2D eigenvalue weighted by Crippen LogP contribution is 2.34. The van der Waals surface area contributed by atoms with Crippen molar-refractivity contribution in [2.75, 3.05) is 26.1 Å². The van der Waals surface area contributed by atoms with Gasteiger partial charge in [0, 0.05) is 12.0 Å². The van der Waals surface area contributed by atoms with Gasteiger partial charge in [-0.05, 0) is 43.5 Å². The quantitative estimate of drug-likeness (QED) is 0.563. The molecule has 0 spiro atoms. The largest absolute Gasteiger partial charge is 0.493 e. The fourth-order valence-electron chi connectivity index (χ4n) is 3.00. The van der Waals surface area contributed by atoms with Gasteiger partial charge in [-0.25, -0.2) is 4.79 Å². The summed E-state index contributed by atoms with van der Waals surface area (Å²) >= 11 is 1.38. The molecule has 7 nitrogen and oxygen atoms in total. The van der Waals surface area contributed by atoms with Crippen LogP contribution in [0.3, 0.4) is 0 Å². The second kappa shape index (κ2) is 9.58. The van der Waals surface area contributed by atoms with E-state index in [0.29, 0.717) is 29.6 Å². The number of rotatable bonds is 8. The van der Waals surface area contributed by atoms with Crippen LogP contribution in [-0.4, -0.2) is 37.0 Å². The van der Waals surface area contributed by atoms with Crippen LogP contribution in [0, 0.1) is 0 Å². The molecule has 0 bridgehead atoms. The topological polar surface area (TPSA) is 85.4 Å². The maximum Gasteiger partial charge on any atom is 0.321 e. The van der Waals surface area contributed by atoms with Crippen LogP contribution in [0.2, 0.25) is 0 Å². The Morgan fingerprint density at radius 3 is 2.47 bits per heavy atom. The Labute approximate surface area is 180 Å². The summed E-state index contributed by atoms with van der Waals surface area (Å²) in [7, 11) is 3.20. The van der Waals surface area contributed by atoms with Crippen LogP contribution in [0.25, 0.3) is 0 Å². The van der Waals surface area contributed by atoms with Crippen molar-refractivity contribution in [3.8, 4) is 11.5 Å². The molecule has 3 rings (SSSR count). The number of ether oxygens (including phenoxy) is 2. The molecule has 0 radical (unpaired) electrons. The summed E-state index contributed by atoms with van der Waals surface area (Å²) in [6, 6.07) is 15.5. The van der Waals surface area contributed by atoms with Crippen molar-refractivity contribution < 1.29 is 14.3 Å². The maximum absolute atomic E-state index is 12.2. The minimum atomic E-state index is -0.310. The molecular weight excluding hydrogens is 400 g/mol. The average Bonchev–Trinajstić information content (AvgIpc) is 3.23. The third kappa shape index (κ3) is 5.07. The van der Waals surface area contributed by atoms with Crippen molar-refractivity contribution in [3.63, 3.8) is 0 Å². The van der Waals surface area contributed by atoms with Crippen LogP contribution in [0.1, 0.15) is 30.0 Å². The predicted molar refractivity (Wildman–Crippen MR) is 119 cm³/mol. The van der Waals surface area contributed by atoms with Gasteiger partial charge < -0.3 is 14.8 Å². The first-order chi connectivity index (χ1) is 14.4. The number of amides is 2. The lowest BCUT2D eigenvalue weighted by Gasteiger charge is -2.21. The second-order valence-corrected chi connectivity index (χ2v) is 8.20. The lowest BCUT2D eigenvalue weighted by molar-refractivity contribution is 0.252. The van der Waals surface area contributed by atoms with Crippen LogP contribution in [0.4, 0.5) is 9.93 Å². The maximum atomic E-state index is 12.2. The predicted octanol–water partition coefficient (Wildman–Crippen LogP) is 4.25. The van der Waals surface area contributed by atoms with Crippen LogP contribution in [0.15, 0.2) is 48.5 Å². The van der Waals surface area contributed by atoms with Crippen LogP contribution in [0.5, 0.6) is 11.5 Å². The van der Waals surface area contributed by atoms with E-state index in [9.17, 15) is 4.79 Å². The normalized spacial score (nSPS) is 11.1. The van der Waals surface area contributed by atoms with E-state index in [-0.39, 0.29) is 11.4 Å². The van der Waals surface area contributed by atoms with E-state index in [1.54, 1.807) is 14.2 Å². The molecule has 8 heteroatoms. The molecule has 2 N–H and O–H groups in total. The number of hydrogen-bond acceptors (Lipinski definition) is 6. The Bertz CT molecular complexity index is 989. The van der Waals surface area contributed by atoms with Gasteiger partial charge in [0.05, 0.1) is 14.2 Å². The van der Waals surface area contributed by atoms with Crippen molar-refractivity contribution in [1.29, 1.82) is 0 Å². The molecule has 0 aliphatic heterocycles. The molecule has 0 aliphatic rings. The van der Waals surface area contributed by atoms with Gasteiger partial charge >= 0.3 is 6.03 Å². The zero-order valence-electron chi connectivity index (χ0n) is 17.6. The van der Waals surface area contributed by atoms with Gasteiger partial charge in [0.1, 0.15) is 5.01 Å². The highest BCUT2D eigenvalue weighted by atomic mass is 32.1. The van der Waals surface area contributed by atoms with Gasteiger partial charge in [0.25, 0.3) is 0 Å². The summed E-state index contributed by atoms with van der Waals surface area (Å²) in [6.45, 7) is 4.66. The minimum Gasteiger partial charge on any atom is -0.493 e. The van der Waals surface area contributed by atoms with E-state index in [1.807, 2.05) is 36.4 Å². The second-order valence-electron chi connectivity index (χ2n) is 7.22. The lowest BCUT2D eigenvalue weighted by atomic mass is 9.85. The van der Waals surface area contributed by atoms with Crippen molar-refractivity contribution >= 4 is 22.5 Å². The van der Waals surface area contributed by atoms with Crippen LogP contribution >= 0.6 is 11.3 Å². The first-order valence-electron chi connectivity index (χ1n) is 9.59. The van der Waals surface area contributed by atoms with E-state index in [1.165, 1.54) is 11.3 Å². The van der Waals surface area contributed by atoms with Gasteiger partial charge in [-0.1, -0.05) is 47.7 Å². The summed E-state index contributed by atoms with van der Waals surface area (Å²) in [6.07, 6.45) is 0.663. The molecule has 2 amide bonds. The smallest absolute Gasteiger partial charge is 0.321 e. The molecule has 0 saturated carbocycles. The molecule has 0 aliphatic carbocycles. The summed E-state index contributed by atoms with van der Waals surface area (Å²) in [5, 5.41) is 15.3. The van der Waals surface area contributed by atoms with E-state index in [0.717, 1.165) is 16.1 Å². The number of urea groups is 1. The number of carbonyl (C=O) groups is 1. The van der Waals surface area contributed by atoms with Gasteiger partial charge in [0.2, 0.25) is 5.13 Å². The number of hydrogen-bond donors (Lipinski definition) is 2. The highest BCUT2D eigenvalue weighted by molar-refractivity contribution is 7.15. The van der Waals surface area contributed by atoms with Crippen LogP contribution in [-0.2, 0) is 11.8 Å². The molecule has 3 aromatic rings. The molecular formula is C22H26N4O3S. The molecule has 0 fully saturated rings. The molecule has 1 aromatic heterocycles. The number of benzene rings is 2. The zero-order chi connectivity index (χ0) is 21.6. The average molecular weight is 427 g/mol. The fraction of sp³-hybridized carbons (Fsp3) is 0.318. The summed E-state index contributed by atoms with van der Waals surface area (Å²) < 4.78 is 10.5. The van der Waals surface area contributed by atoms with Crippen molar-refractivity contribution in [1.82, 2.24) is 15.5 Å². The first-order valence-corrected chi connectivity index (χ1v) is 10.4. The number of anilines is 1. The number of nitrogens with zero attached hydrogens (tertiary/aromatic N) is 2. The summed E-state index contributed by atoms with van der Waals surface area (Å²) in [4.78, 5) is 12.2. The van der Waals surface area contributed by atoms with E-state index in [4.69, 9.17) is 9.47 Å². The Morgan fingerprint density at radius 1 is 1.03 bits per heavy atom. The number of methoxy groups -OCH3 is 2. The summed E-state index contributed by atoms with van der Waals surface area (Å²) in [5.41, 5.74) is 1.89. The molecule has 0 unspecified atom stereocenters. The standard InChI is InChI=1S/C22H26N4O3S/c1-22(2,16-8-6-5-7-9-16)19-25-26-21(30-19)24-20(27)23-13-12-15-10-11-17(28-3)18(14-15)29-4/h5-11,14H,12-13H2,1-4H3,(H2,23,24,26,27). The van der Waals surface area contributed by atoms with Crippen molar-refractivity contribution in [2.45, 2.75) is 25.7 Å². The molecule has 2 aromatic carbocycles. The third-order valence-corrected chi connectivity index (χ3v) is 5.99. The molecule has 0 atom stereocenters. The lowest BCUT2D eigenvalue weighted by Crippen LogP contribution is -2.30. The van der Waals surface area contributed by atoms with Gasteiger partial charge in [0.15, 0.2) is 11.5 Å². The van der Waals surface area contributed by atoms with Crippen molar-refractivity contribution in [3.05, 3.63) is 64.7 Å². The SMILES string of the molecule is COc1ccc(CCNC(=O)Nc2nnc(C(C)(C)c3ccccc3)s2)cc1OC. The van der Waals surface area contributed by atoms with E-state index < -0.39 is 0 Å². The van der Waals surface area contributed by atoms with E-state index >= 15 is 0 Å². The molecule has 30 heavy (non-hydrogen) atoms. The van der Waals surface area contributed by atoms with Gasteiger partial charge in [-0.15, -0.1) is 10.2 Å². The third-order valence-electron chi connectivity index (χ3n) is 4.82. The Morgan fingerprint density at radius 2 is 1.77 bits per heavy atom. The monoisotopic (exact) mass is 426 g/mol. The number of aromatic nitrogens is 2. The zero-order valence-corrected chi connectivity index (χ0v) is 18.4. The molecule has 0 saturated heterocycles. The minimum absolute atomic E-state index is 0.289.